The summed E-state index contributed by atoms with van der Waals surface area (Å²) in [5, 5.41) is 6.67. The van der Waals surface area contributed by atoms with Crippen LogP contribution < -0.4 is 10.6 Å². The molecule has 0 atom stereocenters. The average Bonchev–Trinajstić information content (AvgIpc) is 2.94. The quantitative estimate of drug-likeness (QED) is 0.244. The van der Waals surface area contributed by atoms with Gasteiger partial charge in [0.1, 0.15) is 11.5 Å². The molecule has 4 rings (SSSR count). The van der Waals surface area contributed by atoms with E-state index < -0.39 is 5.97 Å². The van der Waals surface area contributed by atoms with Crippen LogP contribution in [0.5, 0.6) is 0 Å². The van der Waals surface area contributed by atoms with Crippen LogP contribution in [0.3, 0.4) is 0 Å². The van der Waals surface area contributed by atoms with Crippen molar-refractivity contribution in [1.82, 2.24) is 10.3 Å². The molecule has 0 aliphatic rings. The van der Waals surface area contributed by atoms with Crippen LogP contribution in [0.15, 0.2) is 79.0 Å². The van der Waals surface area contributed by atoms with Gasteiger partial charge in [-0.25, -0.2) is 4.39 Å². The standard InChI is InChI=1S/C30H27ClFN3O3/c1-19-15-21(6-11-27(19)32)20-4-9-25(10-5-20)34-17-22-3-8-24(31)16-26(22)23-7-12-28(35-18-23)30(37)33-14-13-29(36)38-2/h3-12,15-16,18,34H,13-14,17H2,1-2H3,(H,33,37). The fourth-order valence-electron chi connectivity index (χ4n) is 3.93. The van der Waals surface area contributed by atoms with Crippen LogP contribution in [0.4, 0.5) is 10.1 Å². The normalized spacial score (nSPS) is 10.6. The van der Waals surface area contributed by atoms with E-state index in [0.29, 0.717) is 17.1 Å². The Labute approximate surface area is 225 Å². The van der Waals surface area contributed by atoms with E-state index in [9.17, 15) is 14.0 Å². The molecule has 3 aromatic carbocycles. The topological polar surface area (TPSA) is 80.3 Å². The second-order valence-corrected chi connectivity index (χ2v) is 9.15. The predicted octanol–water partition coefficient (Wildman–Crippen LogP) is 6.42. The maximum Gasteiger partial charge on any atom is 0.307 e. The van der Waals surface area contributed by atoms with Crippen LogP contribution in [0.2, 0.25) is 5.02 Å². The number of benzene rings is 3. The highest BCUT2D eigenvalue weighted by atomic mass is 35.5. The number of halogens is 2. The molecule has 6 nitrogen and oxygen atoms in total. The number of rotatable bonds is 9. The number of hydrogen-bond acceptors (Lipinski definition) is 5. The van der Waals surface area contributed by atoms with Gasteiger partial charge in [0, 0.05) is 35.6 Å². The predicted molar refractivity (Wildman–Crippen MR) is 148 cm³/mol. The lowest BCUT2D eigenvalue weighted by Crippen LogP contribution is -2.27. The zero-order valence-electron chi connectivity index (χ0n) is 21.1. The van der Waals surface area contributed by atoms with E-state index in [1.165, 1.54) is 13.2 Å². The maximum atomic E-state index is 13.6. The largest absolute Gasteiger partial charge is 0.469 e. The second kappa shape index (κ2) is 12.3. The molecule has 0 aliphatic carbocycles. The summed E-state index contributed by atoms with van der Waals surface area (Å²) in [6.07, 6.45) is 1.72. The minimum absolute atomic E-state index is 0.0911. The second-order valence-electron chi connectivity index (χ2n) is 8.71. The third-order valence-electron chi connectivity index (χ3n) is 6.08. The van der Waals surface area contributed by atoms with E-state index in [0.717, 1.165) is 33.5 Å². The molecular weight excluding hydrogens is 505 g/mol. The van der Waals surface area contributed by atoms with Gasteiger partial charge in [0.05, 0.1) is 13.5 Å². The molecular formula is C30H27ClFN3O3. The van der Waals surface area contributed by atoms with E-state index in [1.807, 2.05) is 54.6 Å². The third kappa shape index (κ3) is 6.75. The highest BCUT2D eigenvalue weighted by molar-refractivity contribution is 6.30. The Bertz CT molecular complexity index is 1440. The molecule has 1 aromatic heterocycles. The average molecular weight is 532 g/mol. The van der Waals surface area contributed by atoms with Crippen molar-refractivity contribution in [3.05, 3.63) is 107 Å². The van der Waals surface area contributed by atoms with Crippen LogP contribution in [-0.4, -0.2) is 30.5 Å². The number of nitrogens with one attached hydrogen (secondary N) is 2. The lowest BCUT2D eigenvalue weighted by molar-refractivity contribution is -0.140. The monoisotopic (exact) mass is 531 g/mol. The Hall–Kier alpha value is -4.23. The molecule has 0 fully saturated rings. The van der Waals surface area contributed by atoms with E-state index in [-0.39, 0.29) is 30.4 Å². The zero-order chi connectivity index (χ0) is 27.1. The van der Waals surface area contributed by atoms with Crippen molar-refractivity contribution < 1.29 is 18.7 Å². The van der Waals surface area contributed by atoms with Gasteiger partial charge in [-0.3, -0.25) is 14.6 Å². The number of methoxy groups -OCH3 is 1. The number of hydrogen-bond donors (Lipinski definition) is 2. The first kappa shape index (κ1) is 26.8. The Kier molecular flexibility index (Phi) is 8.71. The molecule has 38 heavy (non-hydrogen) atoms. The molecule has 0 saturated heterocycles. The number of aromatic nitrogens is 1. The molecule has 194 valence electrons. The molecule has 4 aromatic rings. The van der Waals surface area contributed by atoms with Gasteiger partial charge < -0.3 is 15.4 Å². The summed E-state index contributed by atoms with van der Waals surface area (Å²) in [5.41, 5.74) is 6.48. The third-order valence-corrected chi connectivity index (χ3v) is 6.32. The van der Waals surface area contributed by atoms with Gasteiger partial charge in [-0.05, 0) is 77.2 Å². The molecule has 1 heterocycles. The zero-order valence-corrected chi connectivity index (χ0v) is 21.8. The molecule has 0 bridgehead atoms. The van der Waals surface area contributed by atoms with Crippen LogP contribution in [0, 0.1) is 12.7 Å². The van der Waals surface area contributed by atoms with Crippen molar-refractivity contribution in [3.63, 3.8) is 0 Å². The molecule has 0 aliphatic heterocycles. The van der Waals surface area contributed by atoms with Gasteiger partial charge in [0.25, 0.3) is 5.91 Å². The fraction of sp³-hybridized carbons (Fsp3) is 0.167. The summed E-state index contributed by atoms with van der Waals surface area (Å²) in [6.45, 7) is 2.46. The molecule has 1 amide bonds. The van der Waals surface area contributed by atoms with Gasteiger partial charge in [-0.1, -0.05) is 41.9 Å². The summed E-state index contributed by atoms with van der Waals surface area (Å²) in [7, 11) is 1.30. The minimum Gasteiger partial charge on any atom is -0.469 e. The Balaban J connectivity index is 1.44. The molecule has 0 spiro atoms. The number of esters is 1. The number of amides is 1. The summed E-state index contributed by atoms with van der Waals surface area (Å²) in [6, 6.07) is 22.2. The summed E-state index contributed by atoms with van der Waals surface area (Å²) >= 11 is 6.29. The first-order chi connectivity index (χ1) is 18.3. The van der Waals surface area contributed by atoms with Gasteiger partial charge in [-0.2, -0.15) is 0 Å². The summed E-state index contributed by atoms with van der Waals surface area (Å²) < 4.78 is 18.2. The number of ether oxygens (including phenoxy) is 1. The molecule has 0 radical (unpaired) electrons. The lowest BCUT2D eigenvalue weighted by atomic mass is 10.0. The maximum absolute atomic E-state index is 13.6. The Morgan fingerprint density at radius 2 is 1.68 bits per heavy atom. The minimum atomic E-state index is -0.394. The van der Waals surface area contributed by atoms with Crippen molar-refractivity contribution in [2.45, 2.75) is 19.9 Å². The van der Waals surface area contributed by atoms with Crippen LogP contribution in [0.25, 0.3) is 22.3 Å². The number of pyridine rings is 1. The Morgan fingerprint density at radius 3 is 2.37 bits per heavy atom. The molecule has 0 unspecified atom stereocenters. The highest BCUT2D eigenvalue weighted by Crippen LogP contribution is 2.28. The first-order valence-corrected chi connectivity index (χ1v) is 12.4. The lowest BCUT2D eigenvalue weighted by Gasteiger charge is -2.13. The van der Waals surface area contributed by atoms with Crippen molar-refractivity contribution in [3.8, 4) is 22.3 Å². The Morgan fingerprint density at radius 1 is 0.947 bits per heavy atom. The van der Waals surface area contributed by atoms with Crippen LogP contribution >= 0.6 is 11.6 Å². The van der Waals surface area contributed by atoms with Crippen molar-refractivity contribution in [2.24, 2.45) is 0 Å². The van der Waals surface area contributed by atoms with Gasteiger partial charge in [0.2, 0.25) is 0 Å². The molecule has 8 heteroatoms. The van der Waals surface area contributed by atoms with Gasteiger partial charge in [0.15, 0.2) is 0 Å². The van der Waals surface area contributed by atoms with E-state index >= 15 is 0 Å². The SMILES string of the molecule is COC(=O)CCNC(=O)c1ccc(-c2cc(Cl)ccc2CNc2ccc(-c3ccc(F)c(C)c3)cc2)cn1. The number of aryl methyl sites for hydroxylation is 1. The smallest absolute Gasteiger partial charge is 0.307 e. The number of carbonyl (C=O) groups is 2. The summed E-state index contributed by atoms with van der Waals surface area (Å²) in [4.78, 5) is 27.8. The van der Waals surface area contributed by atoms with Crippen molar-refractivity contribution >= 4 is 29.2 Å². The molecule has 0 saturated carbocycles. The van der Waals surface area contributed by atoms with Crippen molar-refractivity contribution in [2.75, 3.05) is 19.0 Å². The highest BCUT2D eigenvalue weighted by Gasteiger charge is 2.11. The fourth-order valence-corrected chi connectivity index (χ4v) is 4.10. The van der Waals surface area contributed by atoms with Crippen molar-refractivity contribution in [1.29, 1.82) is 0 Å². The van der Waals surface area contributed by atoms with Crippen LogP contribution in [-0.2, 0) is 16.1 Å². The van der Waals surface area contributed by atoms with Gasteiger partial charge in [-0.15, -0.1) is 0 Å². The number of nitrogens with zero attached hydrogens (tertiary/aromatic N) is 1. The van der Waals surface area contributed by atoms with Crippen LogP contribution in [0.1, 0.15) is 28.0 Å². The number of carbonyl (C=O) groups excluding carboxylic acids is 2. The van der Waals surface area contributed by atoms with E-state index in [4.69, 9.17) is 11.6 Å². The van der Waals surface area contributed by atoms with E-state index in [1.54, 1.807) is 25.3 Å². The number of anilines is 1. The van der Waals surface area contributed by atoms with Gasteiger partial charge >= 0.3 is 5.97 Å². The summed E-state index contributed by atoms with van der Waals surface area (Å²) in [5.74, 6) is -0.975. The first-order valence-electron chi connectivity index (χ1n) is 12.0. The van der Waals surface area contributed by atoms with E-state index in [2.05, 4.69) is 20.4 Å². The molecule has 2 N–H and O–H groups in total.